The molecule has 1 aliphatic carbocycles. The summed E-state index contributed by atoms with van der Waals surface area (Å²) in [5.74, 6) is 1.01. The van der Waals surface area contributed by atoms with Crippen LogP contribution in [0.3, 0.4) is 0 Å². The van der Waals surface area contributed by atoms with Gasteiger partial charge >= 0.3 is 0 Å². The molecule has 16 heavy (non-hydrogen) atoms. The fourth-order valence-electron chi connectivity index (χ4n) is 2.18. The van der Waals surface area contributed by atoms with Crippen molar-refractivity contribution in [1.29, 1.82) is 0 Å². The fourth-order valence-corrected chi connectivity index (χ4v) is 3.33. The van der Waals surface area contributed by atoms with Crippen LogP contribution in [0.2, 0.25) is 0 Å². The van der Waals surface area contributed by atoms with E-state index < -0.39 is 0 Å². The van der Waals surface area contributed by atoms with Gasteiger partial charge in [-0.05, 0) is 53.6 Å². The minimum atomic E-state index is 0.586. The Labute approximate surface area is 110 Å². The van der Waals surface area contributed by atoms with Gasteiger partial charge in [-0.1, -0.05) is 6.42 Å². The second-order valence-corrected chi connectivity index (χ2v) is 6.21. The van der Waals surface area contributed by atoms with Gasteiger partial charge in [0.05, 0.1) is 0 Å². The maximum Gasteiger partial charge on any atom is 0.126 e. The van der Waals surface area contributed by atoms with Crippen LogP contribution in [0.4, 0.5) is 5.82 Å². The lowest BCUT2D eigenvalue weighted by Gasteiger charge is -2.20. The standard InChI is InChI=1S/C12H17BrN2S/c1-8-6-12(14-7-9(8)13)15-10-4-3-5-11(10)16-2/h6-7,10-11H,3-5H2,1-2H3,(H,14,15). The lowest BCUT2D eigenvalue weighted by Crippen LogP contribution is -2.26. The van der Waals surface area contributed by atoms with Crippen LogP contribution in [0, 0.1) is 6.92 Å². The molecule has 2 unspecified atom stereocenters. The van der Waals surface area contributed by atoms with Crippen LogP contribution in [0.1, 0.15) is 24.8 Å². The van der Waals surface area contributed by atoms with Gasteiger partial charge < -0.3 is 5.32 Å². The molecule has 0 bridgehead atoms. The quantitative estimate of drug-likeness (QED) is 0.918. The number of rotatable bonds is 3. The normalized spacial score (nSPS) is 24.7. The molecule has 1 aromatic heterocycles. The average Bonchev–Trinajstić information content (AvgIpc) is 2.71. The molecule has 2 rings (SSSR count). The van der Waals surface area contributed by atoms with Crippen LogP contribution in [0.25, 0.3) is 0 Å². The number of halogens is 1. The molecule has 0 saturated heterocycles. The van der Waals surface area contributed by atoms with E-state index in [9.17, 15) is 0 Å². The molecule has 1 fully saturated rings. The highest BCUT2D eigenvalue weighted by Gasteiger charge is 2.26. The number of nitrogens with zero attached hydrogens (tertiary/aromatic N) is 1. The van der Waals surface area contributed by atoms with Crippen LogP contribution in [0.5, 0.6) is 0 Å². The highest BCUT2D eigenvalue weighted by atomic mass is 79.9. The highest BCUT2D eigenvalue weighted by molar-refractivity contribution is 9.10. The van der Waals surface area contributed by atoms with Gasteiger partial charge in [-0.2, -0.15) is 11.8 Å². The van der Waals surface area contributed by atoms with Crippen LogP contribution in [-0.4, -0.2) is 22.5 Å². The number of anilines is 1. The van der Waals surface area contributed by atoms with Gasteiger partial charge in [-0.15, -0.1) is 0 Å². The predicted molar refractivity (Wildman–Crippen MR) is 75.2 cm³/mol. The molecule has 1 saturated carbocycles. The van der Waals surface area contributed by atoms with Crippen molar-refractivity contribution in [3.8, 4) is 0 Å². The van der Waals surface area contributed by atoms with Gasteiger partial charge in [0.25, 0.3) is 0 Å². The maximum atomic E-state index is 4.40. The summed E-state index contributed by atoms with van der Waals surface area (Å²) in [5.41, 5.74) is 1.23. The number of thioether (sulfide) groups is 1. The Morgan fingerprint density at radius 1 is 1.50 bits per heavy atom. The van der Waals surface area contributed by atoms with Gasteiger partial charge in [0.1, 0.15) is 5.82 Å². The Hall–Kier alpha value is -0.220. The van der Waals surface area contributed by atoms with Crippen molar-refractivity contribution < 1.29 is 0 Å². The van der Waals surface area contributed by atoms with E-state index in [0.29, 0.717) is 6.04 Å². The van der Waals surface area contributed by atoms with E-state index in [1.54, 1.807) is 0 Å². The summed E-state index contributed by atoms with van der Waals surface area (Å²) < 4.78 is 1.07. The number of nitrogens with one attached hydrogen (secondary N) is 1. The van der Waals surface area contributed by atoms with Gasteiger partial charge in [0, 0.05) is 22.0 Å². The van der Waals surface area contributed by atoms with Crippen molar-refractivity contribution in [2.75, 3.05) is 11.6 Å². The summed E-state index contributed by atoms with van der Waals surface area (Å²) in [4.78, 5) is 4.40. The third kappa shape index (κ3) is 2.72. The van der Waals surface area contributed by atoms with Crippen molar-refractivity contribution in [3.05, 3.63) is 22.3 Å². The first-order valence-corrected chi connectivity index (χ1v) is 7.70. The summed E-state index contributed by atoms with van der Waals surface area (Å²) in [6, 6.07) is 2.70. The van der Waals surface area contributed by atoms with Crippen molar-refractivity contribution in [2.24, 2.45) is 0 Å². The van der Waals surface area contributed by atoms with E-state index in [4.69, 9.17) is 0 Å². The van der Waals surface area contributed by atoms with Gasteiger partial charge in [-0.25, -0.2) is 4.98 Å². The van der Waals surface area contributed by atoms with E-state index in [1.807, 2.05) is 18.0 Å². The molecule has 88 valence electrons. The zero-order chi connectivity index (χ0) is 11.5. The summed E-state index contributed by atoms with van der Waals surface area (Å²) in [7, 11) is 0. The molecule has 1 heterocycles. The van der Waals surface area contributed by atoms with E-state index in [-0.39, 0.29) is 0 Å². The molecule has 2 atom stereocenters. The highest BCUT2D eigenvalue weighted by Crippen LogP contribution is 2.30. The summed E-state index contributed by atoms with van der Waals surface area (Å²) in [6.07, 6.45) is 8.00. The molecule has 0 amide bonds. The topological polar surface area (TPSA) is 24.9 Å². The number of hydrogen-bond donors (Lipinski definition) is 1. The Morgan fingerprint density at radius 2 is 2.31 bits per heavy atom. The third-order valence-electron chi connectivity index (χ3n) is 3.14. The molecule has 2 nitrogen and oxygen atoms in total. The fraction of sp³-hybridized carbons (Fsp3) is 0.583. The number of aryl methyl sites for hydroxylation is 1. The number of hydrogen-bond acceptors (Lipinski definition) is 3. The third-order valence-corrected chi connectivity index (χ3v) is 5.14. The van der Waals surface area contributed by atoms with Gasteiger partial charge in [0.2, 0.25) is 0 Å². The molecule has 4 heteroatoms. The minimum absolute atomic E-state index is 0.586. The minimum Gasteiger partial charge on any atom is -0.366 e. The zero-order valence-electron chi connectivity index (χ0n) is 9.66. The SMILES string of the molecule is CSC1CCCC1Nc1cc(C)c(Br)cn1. The second-order valence-electron chi connectivity index (χ2n) is 4.27. The molecular formula is C12H17BrN2S. The summed E-state index contributed by atoms with van der Waals surface area (Å²) in [6.45, 7) is 2.09. The summed E-state index contributed by atoms with van der Waals surface area (Å²) in [5, 5.41) is 4.30. The maximum absolute atomic E-state index is 4.40. The van der Waals surface area contributed by atoms with Crippen LogP contribution in [-0.2, 0) is 0 Å². The molecule has 1 N–H and O–H groups in total. The molecule has 1 aromatic rings. The van der Waals surface area contributed by atoms with Gasteiger partial charge in [-0.3, -0.25) is 0 Å². The zero-order valence-corrected chi connectivity index (χ0v) is 12.1. The molecule has 0 radical (unpaired) electrons. The van der Waals surface area contributed by atoms with Crippen LogP contribution < -0.4 is 5.32 Å². The first-order chi connectivity index (χ1) is 7.70. The van der Waals surface area contributed by atoms with E-state index >= 15 is 0 Å². The molecular weight excluding hydrogens is 284 g/mol. The molecule has 0 aromatic carbocycles. The van der Waals surface area contributed by atoms with Crippen molar-refractivity contribution >= 4 is 33.5 Å². The average molecular weight is 301 g/mol. The Balaban J connectivity index is 2.05. The largest absolute Gasteiger partial charge is 0.366 e. The van der Waals surface area contributed by atoms with Gasteiger partial charge in [0.15, 0.2) is 0 Å². The Morgan fingerprint density at radius 3 is 3.00 bits per heavy atom. The van der Waals surface area contributed by atoms with E-state index in [1.165, 1.54) is 24.8 Å². The smallest absolute Gasteiger partial charge is 0.126 e. The molecule has 1 aliphatic rings. The predicted octanol–water partition coefficient (Wildman–Crippen LogP) is 3.85. The lowest BCUT2D eigenvalue weighted by molar-refractivity contribution is 0.763. The lowest BCUT2D eigenvalue weighted by atomic mass is 10.2. The summed E-state index contributed by atoms with van der Waals surface area (Å²) >= 11 is 5.44. The second kappa shape index (κ2) is 5.41. The number of pyridine rings is 1. The van der Waals surface area contributed by atoms with Crippen LogP contribution in [0.15, 0.2) is 16.7 Å². The Bertz CT molecular complexity index is 370. The van der Waals surface area contributed by atoms with Crippen molar-refractivity contribution in [2.45, 2.75) is 37.5 Å². The van der Waals surface area contributed by atoms with E-state index in [2.05, 4.69) is 45.5 Å². The van der Waals surface area contributed by atoms with Crippen molar-refractivity contribution in [3.63, 3.8) is 0 Å². The molecule has 0 aliphatic heterocycles. The first-order valence-electron chi connectivity index (χ1n) is 5.62. The monoisotopic (exact) mass is 300 g/mol. The number of aromatic nitrogens is 1. The first kappa shape index (κ1) is 12.2. The molecule has 0 spiro atoms. The van der Waals surface area contributed by atoms with Crippen LogP contribution >= 0.6 is 27.7 Å². The van der Waals surface area contributed by atoms with Crippen molar-refractivity contribution in [1.82, 2.24) is 4.98 Å². The Kier molecular flexibility index (Phi) is 4.14. The van der Waals surface area contributed by atoms with E-state index in [0.717, 1.165) is 15.5 Å².